The first-order valence-corrected chi connectivity index (χ1v) is 6.61. The Balaban J connectivity index is 1.87. The van der Waals surface area contributed by atoms with Gasteiger partial charge >= 0.3 is 0 Å². The highest BCUT2D eigenvalue weighted by Gasteiger charge is 2.27. The van der Waals surface area contributed by atoms with E-state index in [1.165, 1.54) is 6.26 Å². The normalized spacial score (nSPS) is 18.9. The van der Waals surface area contributed by atoms with Gasteiger partial charge in [0, 0.05) is 12.6 Å². The molecule has 0 aliphatic carbocycles. The average molecular weight is 301 g/mol. The number of nitrogens with one attached hydrogen (secondary N) is 2. The van der Waals surface area contributed by atoms with E-state index in [9.17, 15) is 4.79 Å². The topological polar surface area (TPSA) is 54.3 Å². The van der Waals surface area contributed by atoms with E-state index in [0.29, 0.717) is 10.2 Å². The zero-order valence-corrected chi connectivity index (χ0v) is 11.5. The van der Waals surface area contributed by atoms with Gasteiger partial charge in [0.1, 0.15) is 6.26 Å². The lowest BCUT2D eigenvalue weighted by Gasteiger charge is -2.34. The van der Waals surface area contributed by atoms with E-state index in [1.807, 2.05) is 0 Å². The number of halogens is 1. The largest absolute Gasteiger partial charge is 0.457 e. The molecule has 1 aliphatic rings. The molecule has 0 unspecified atom stereocenters. The molecule has 2 rings (SSSR count). The molecule has 0 radical (unpaired) electrons. The maximum absolute atomic E-state index is 11.8. The lowest BCUT2D eigenvalue weighted by Crippen LogP contribution is -2.42. The summed E-state index contributed by atoms with van der Waals surface area (Å²) in [6.07, 6.45) is 3.66. The van der Waals surface area contributed by atoms with Gasteiger partial charge in [0.2, 0.25) is 0 Å². The van der Waals surface area contributed by atoms with Crippen molar-refractivity contribution in [3.05, 3.63) is 22.6 Å². The fourth-order valence-electron chi connectivity index (χ4n) is 2.03. The van der Waals surface area contributed by atoms with Crippen molar-refractivity contribution in [2.45, 2.75) is 19.8 Å². The molecule has 2 heterocycles. The maximum Gasteiger partial charge on any atom is 0.254 e. The highest BCUT2D eigenvalue weighted by Crippen LogP contribution is 2.26. The van der Waals surface area contributed by atoms with Gasteiger partial charge in [-0.15, -0.1) is 0 Å². The zero-order chi connectivity index (χ0) is 12.3. The predicted octanol–water partition coefficient (Wildman–Crippen LogP) is 2.16. The summed E-state index contributed by atoms with van der Waals surface area (Å²) in [5.74, 6) is -0.0702. The fourth-order valence-corrected chi connectivity index (χ4v) is 2.37. The molecular formula is C12H17BrN2O2. The summed E-state index contributed by atoms with van der Waals surface area (Å²) < 4.78 is 5.63. The Kier molecular flexibility index (Phi) is 3.89. The molecule has 4 nitrogen and oxygen atoms in total. The molecule has 0 spiro atoms. The third-order valence-corrected chi connectivity index (χ3v) is 3.73. The first kappa shape index (κ1) is 12.6. The Hall–Kier alpha value is -0.810. The highest BCUT2D eigenvalue weighted by atomic mass is 79.9. The lowest BCUT2D eigenvalue weighted by molar-refractivity contribution is 0.0921. The van der Waals surface area contributed by atoms with Crippen LogP contribution in [0.2, 0.25) is 0 Å². The molecule has 0 bridgehead atoms. The summed E-state index contributed by atoms with van der Waals surface area (Å²) in [5, 5.41) is 6.30. The molecule has 0 saturated carbocycles. The van der Waals surface area contributed by atoms with Gasteiger partial charge in [-0.05, 0) is 47.3 Å². The van der Waals surface area contributed by atoms with Crippen molar-refractivity contribution in [3.8, 4) is 0 Å². The Morgan fingerprint density at radius 3 is 2.88 bits per heavy atom. The van der Waals surface area contributed by atoms with Gasteiger partial charge in [0.25, 0.3) is 5.91 Å². The van der Waals surface area contributed by atoms with E-state index >= 15 is 0 Å². The minimum Gasteiger partial charge on any atom is -0.457 e. The van der Waals surface area contributed by atoms with Crippen molar-refractivity contribution in [1.29, 1.82) is 0 Å². The summed E-state index contributed by atoms with van der Waals surface area (Å²) in [5.41, 5.74) is 0.774. The third kappa shape index (κ3) is 3.33. The van der Waals surface area contributed by atoms with Crippen LogP contribution in [0.5, 0.6) is 0 Å². The number of carbonyl (C=O) groups excluding carboxylic acids is 1. The Bertz CT molecular complexity index is 397. The van der Waals surface area contributed by atoms with Crippen LogP contribution >= 0.6 is 15.9 Å². The molecule has 0 atom stereocenters. The standard InChI is InChI=1S/C12H17BrN2O2/c1-12(2-4-14-5-3-12)8-15-11(16)9-6-10(13)17-7-9/h6-7,14H,2-5,8H2,1H3,(H,15,16). The predicted molar refractivity (Wildman–Crippen MR) is 69.0 cm³/mol. The molecule has 5 heteroatoms. The van der Waals surface area contributed by atoms with E-state index in [2.05, 4.69) is 33.5 Å². The number of rotatable bonds is 3. The monoisotopic (exact) mass is 300 g/mol. The van der Waals surface area contributed by atoms with Crippen LogP contribution in [-0.2, 0) is 0 Å². The van der Waals surface area contributed by atoms with Crippen LogP contribution < -0.4 is 10.6 Å². The number of piperidine rings is 1. The summed E-state index contributed by atoms with van der Waals surface area (Å²) >= 11 is 3.18. The smallest absolute Gasteiger partial charge is 0.254 e. The van der Waals surface area contributed by atoms with Crippen LogP contribution in [0.4, 0.5) is 0 Å². The lowest BCUT2D eigenvalue weighted by atomic mass is 9.81. The van der Waals surface area contributed by atoms with E-state index in [-0.39, 0.29) is 11.3 Å². The summed E-state index contributed by atoms with van der Waals surface area (Å²) in [6.45, 7) is 5.00. The van der Waals surface area contributed by atoms with Crippen LogP contribution in [-0.4, -0.2) is 25.5 Å². The molecule has 0 aromatic carbocycles. The van der Waals surface area contributed by atoms with Gasteiger partial charge in [0.05, 0.1) is 5.56 Å². The van der Waals surface area contributed by atoms with Gasteiger partial charge in [-0.25, -0.2) is 0 Å². The molecule has 1 amide bonds. The first-order chi connectivity index (χ1) is 8.09. The summed E-state index contributed by atoms with van der Waals surface area (Å²) in [6, 6.07) is 1.68. The van der Waals surface area contributed by atoms with Crippen molar-refractivity contribution < 1.29 is 9.21 Å². The van der Waals surface area contributed by atoms with Crippen LogP contribution in [0.15, 0.2) is 21.4 Å². The third-order valence-electron chi connectivity index (χ3n) is 3.32. The number of amides is 1. The highest BCUT2D eigenvalue weighted by molar-refractivity contribution is 9.10. The maximum atomic E-state index is 11.8. The van der Waals surface area contributed by atoms with E-state index < -0.39 is 0 Å². The minimum absolute atomic E-state index is 0.0702. The molecule has 1 aromatic rings. The summed E-state index contributed by atoms with van der Waals surface area (Å²) in [4.78, 5) is 11.8. The molecule has 1 saturated heterocycles. The number of hydrogen-bond acceptors (Lipinski definition) is 3. The Morgan fingerprint density at radius 2 is 2.29 bits per heavy atom. The van der Waals surface area contributed by atoms with E-state index in [1.54, 1.807) is 6.07 Å². The van der Waals surface area contributed by atoms with Gasteiger partial charge < -0.3 is 15.1 Å². The van der Waals surface area contributed by atoms with Crippen molar-refractivity contribution in [3.63, 3.8) is 0 Å². The van der Waals surface area contributed by atoms with Crippen molar-refractivity contribution >= 4 is 21.8 Å². The fraction of sp³-hybridized carbons (Fsp3) is 0.583. The van der Waals surface area contributed by atoms with Gasteiger partial charge in [-0.1, -0.05) is 6.92 Å². The SMILES string of the molecule is CC1(CNC(=O)c2coc(Br)c2)CCNCC1. The number of carbonyl (C=O) groups is 1. The zero-order valence-electron chi connectivity index (χ0n) is 9.88. The van der Waals surface area contributed by atoms with Crippen LogP contribution in [0.3, 0.4) is 0 Å². The van der Waals surface area contributed by atoms with Crippen molar-refractivity contribution in [2.75, 3.05) is 19.6 Å². The van der Waals surface area contributed by atoms with Crippen LogP contribution in [0, 0.1) is 5.41 Å². The second-order valence-corrected chi connectivity index (χ2v) is 5.66. The van der Waals surface area contributed by atoms with Gasteiger partial charge in [0.15, 0.2) is 4.67 Å². The van der Waals surface area contributed by atoms with Crippen molar-refractivity contribution in [2.24, 2.45) is 5.41 Å². The Morgan fingerprint density at radius 1 is 1.59 bits per heavy atom. The van der Waals surface area contributed by atoms with Gasteiger partial charge in [-0.3, -0.25) is 4.79 Å². The molecule has 1 fully saturated rings. The first-order valence-electron chi connectivity index (χ1n) is 5.82. The average Bonchev–Trinajstić information content (AvgIpc) is 2.74. The molecule has 1 aliphatic heterocycles. The van der Waals surface area contributed by atoms with E-state index in [4.69, 9.17) is 4.42 Å². The molecular weight excluding hydrogens is 284 g/mol. The van der Waals surface area contributed by atoms with Crippen LogP contribution in [0.25, 0.3) is 0 Å². The van der Waals surface area contributed by atoms with Crippen molar-refractivity contribution in [1.82, 2.24) is 10.6 Å². The van der Waals surface area contributed by atoms with Crippen LogP contribution in [0.1, 0.15) is 30.1 Å². The molecule has 1 aromatic heterocycles. The van der Waals surface area contributed by atoms with E-state index in [0.717, 1.165) is 32.5 Å². The number of hydrogen-bond donors (Lipinski definition) is 2. The minimum atomic E-state index is -0.0702. The van der Waals surface area contributed by atoms with Gasteiger partial charge in [-0.2, -0.15) is 0 Å². The Labute approximate surface area is 109 Å². The second kappa shape index (κ2) is 5.23. The molecule has 94 valence electrons. The number of furan rings is 1. The summed E-state index contributed by atoms with van der Waals surface area (Å²) in [7, 11) is 0. The quantitative estimate of drug-likeness (QED) is 0.899. The second-order valence-electron chi connectivity index (χ2n) is 4.88. The molecule has 17 heavy (non-hydrogen) atoms. The molecule has 2 N–H and O–H groups in total.